The zero-order valence-electron chi connectivity index (χ0n) is 11.7. The van der Waals surface area contributed by atoms with E-state index in [1.165, 1.54) is 0 Å². The lowest BCUT2D eigenvalue weighted by molar-refractivity contribution is -0.133. The molecule has 104 valence electrons. The van der Waals surface area contributed by atoms with Crippen molar-refractivity contribution in [1.82, 2.24) is 19.7 Å². The van der Waals surface area contributed by atoms with E-state index >= 15 is 0 Å². The molecule has 1 saturated heterocycles. The van der Waals surface area contributed by atoms with Gasteiger partial charge in [0.25, 0.3) is 0 Å². The molecule has 0 spiro atoms. The third-order valence-electron chi connectivity index (χ3n) is 4.26. The van der Waals surface area contributed by atoms with Crippen molar-refractivity contribution in [2.45, 2.75) is 51.5 Å². The van der Waals surface area contributed by atoms with Gasteiger partial charge in [-0.15, -0.1) is 10.2 Å². The largest absolute Gasteiger partial charge is 0.342 e. The van der Waals surface area contributed by atoms with Gasteiger partial charge < -0.3 is 9.47 Å². The Morgan fingerprint density at radius 3 is 2.53 bits per heavy atom. The van der Waals surface area contributed by atoms with Crippen LogP contribution in [0.4, 0.5) is 0 Å². The fourth-order valence-electron chi connectivity index (χ4n) is 2.89. The van der Waals surface area contributed by atoms with E-state index in [1.807, 2.05) is 11.2 Å². The van der Waals surface area contributed by atoms with Crippen LogP contribution in [0.5, 0.6) is 0 Å². The normalized spacial score (nSPS) is 21.1. The molecule has 0 atom stereocenters. The van der Waals surface area contributed by atoms with Gasteiger partial charge in [0.05, 0.1) is 0 Å². The zero-order valence-corrected chi connectivity index (χ0v) is 11.7. The van der Waals surface area contributed by atoms with E-state index in [0.29, 0.717) is 23.8 Å². The van der Waals surface area contributed by atoms with Crippen LogP contribution in [0.1, 0.15) is 57.3 Å². The number of carbonyl (C=O) groups is 1. The number of nitrogens with zero attached hydrogens (tertiary/aromatic N) is 4. The van der Waals surface area contributed by atoms with Gasteiger partial charge in [-0.2, -0.15) is 0 Å². The highest BCUT2D eigenvalue weighted by molar-refractivity contribution is 5.81. The maximum atomic E-state index is 12.0. The van der Waals surface area contributed by atoms with Crippen LogP contribution in [-0.2, 0) is 4.79 Å². The van der Waals surface area contributed by atoms with Gasteiger partial charge >= 0.3 is 0 Å². The molecule has 0 N–H and O–H groups in total. The number of likely N-dealkylation sites (tertiary alicyclic amines) is 1. The fraction of sp³-hybridized carbons (Fsp3) is 0.786. The molecule has 3 rings (SSSR count). The maximum Gasteiger partial charge on any atom is 0.225 e. The van der Waals surface area contributed by atoms with Gasteiger partial charge in [-0.1, -0.05) is 0 Å². The smallest absolute Gasteiger partial charge is 0.225 e. The first-order valence-electron chi connectivity index (χ1n) is 7.35. The Morgan fingerprint density at radius 1 is 1.26 bits per heavy atom. The number of rotatable bonds is 3. The number of carbonyl (C=O) groups excluding carboxylic acids is 1. The predicted octanol–water partition coefficient (Wildman–Crippen LogP) is 1.97. The molecule has 5 nitrogen and oxygen atoms in total. The Morgan fingerprint density at radius 2 is 1.95 bits per heavy atom. The summed E-state index contributed by atoms with van der Waals surface area (Å²) in [5.41, 5.74) is 0. The van der Waals surface area contributed by atoms with Gasteiger partial charge in [-0.05, 0) is 39.5 Å². The molecule has 1 aliphatic heterocycles. The summed E-state index contributed by atoms with van der Waals surface area (Å²) in [7, 11) is 0. The van der Waals surface area contributed by atoms with E-state index in [2.05, 4.69) is 28.6 Å². The summed E-state index contributed by atoms with van der Waals surface area (Å²) >= 11 is 0. The second-order valence-electron chi connectivity index (χ2n) is 6.06. The molecule has 1 amide bonds. The van der Waals surface area contributed by atoms with Crippen molar-refractivity contribution in [3.8, 4) is 0 Å². The third kappa shape index (κ3) is 2.51. The molecule has 2 heterocycles. The van der Waals surface area contributed by atoms with E-state index < -0.39 is 0 Å². The molecule has 5 heteroatoms. The molecule has 0 radical (unpaired) electrons. The average molecular weight is 262 g/mol. The number of piperidine rings is 1. The number of aromatic nitrogens is 3. The van der Waals surface area contributed by atoms with Gasteiger partial charge in [0.1, 0.15) is 12.2 Å². The Balaban J connectivity index is 1.63. The van der Waals surface area contributed by atoms with Crippen LogP contribution < -0.4 is 0 Å². The molecule has 0 aromatic carbocycles. The summed E-state index contributed by atoms with van der Waals surface area (Å²) < 4.78 is 2.16. The lowest BCUT2D eigenvalue weighted by atomic mass is 9.95. The first kappa shape index (κ1) is 12.6. The van der Waals surface area contributed by atoms with Crippen LogP contribution >= 0.6 is 0 Å². The molecular weight excluding hydrogens is 240 g/mol. The van der Waals surface area contributed by atoms with Crippen LogP contribution in [0.25, 0.3) is 0 Å². The number of hydrogen-bond donors (Lipinski definition) is 0. The molecule has 2 aliphatic rings. The highest BCUT2D eigenvalue weighted by atomic mass is 16.2. The van der Waals surface area contributed by atoms with Crippen LogP contribution in [0.3, 0.4) is 0 Å². The monoisotopic (exact) mass is 262 g/mol. The Labute approximate surface area is 114 Å². The Kier molecular flexibility index (Phi) is 3.29. The fourth-order valence-corrected chi connectivity index (χ4v) is 2.89. The van der Waals surface area contributed by atoms with Crippen LogP contribution in [0.15, 0.2) is 6.33 Å². The van der Waals surface area contributed by atoms with Crippen molar-refractivity contribution in [2.24, 2.45) is 5.92 Å². The van der Waals surface area contributed by atoms with E-state index in [9.17, 15) is 4.79 Å². The zero-order chi connectivity index (χ0) is 13.4. The quantitative estimate of drug-likeness (QED) is 0.837. The third-order valence-corrected chi connectivity index (χ3v) is 4.26. The van der Waals surface area contributed by atoms with Gasteiger partial charge in [0.15, 0.2) is 0 Å². The van der Waals surface area contributed by atoms with Crippen molar-refractivity contribution in [2.75, 3.05) is 13.1 Å². The van der Waals surface area contributed by atoms with Crippen LogP contribution in [-0.4, -0.2) is 38.7 Å². The van der Waals surface area contributed by atoms with Crippen molar-refractivity contribution >= 4 is 5.91 Å². The summed E-state index contributed by atoms with van der Waals surface area (Å²) in [6.45, 7) is 6.06. The van der Waals surface area contributed by atoms with Gasteiger partial charge in [-0.3, -0.25) is 4.79 Å². The minimum Gasteiger partial charge on any atom is -0.342 e. The minimum atomic E-state index is 0.343. The van der Waals surface area contributed by atoms with Crippen molar-refractivity contribution in [3.05, 3.63) is 12.2 Å². The van der Waals surface area contributed by atoms with Gasteiger partial charge in [0, 0.05) is 31.0 Å². The number of amides is 1. The summed E-state index contributed by atoms with van der Waals surface area (Å²) in [4.78, 5) is 14.1. The molecule has 1 aromatic rings. The van der Waals surface area contributed by atoms with E-state index in [0.717, 1.165) is 44.6 Å². The van der Waals surface area contributed by atoms with E-state index in [-0.39, 0.29) is 0 Å². The van der Waals surface area contributed by atoms with Crippen molar-refractivity contribution < 1.29 is 4.79 Å². The first-order valence-corrected chi connectivity index (χ1v) is 7.35. The topological polar surface area (TPSA) is 51.0 Å². The molecular formula is C14H22N4O. The summed E-state index contributed by atoms with van der Waals surface area (Å²) in [5, 5.41) is 8.33. The highest BCUT2D eigenvalue weighted by Gasteiger charge is 2.35. The maximum absolute atomic E-state index is 12.0. The summed E-state index contributed by atoms with van der Waals surface area (Å²) in [5.74, 6) is 2.27. The standard InChI is InChI=1S/C14H22N4O/c1-10(2)18-9-15-16-13(18)11-5-7-17(8-6-11)14(19)12-3-4-12/h9-12H,3-8H2,1-2H3. The van der Waals surface area contributed by atoms with Crippen LogP contribution in [0.2, 0.25) is 0 Å². The van der Waals surface area contributed by atoms with Crippen molar-refractivity contribution in [3.63, 3.8) is 0 Å². The van der Waals surface area contributed by atoms with Gasteiger partial charge in [0.2, 0.25) is 5.91 Å². The Hall–Kier alpha value is -1.39. The molecule has 1 aromatic heterocycles. The molecule has 1 aliphatic carbocycles. The van der Waals surface area contributed by atoms with Crippen LogP contribution in [0, 0.1) is 5.92 Å². The van der Waals surface area contributed by atoms with Gasteiger partial charge in [-0.25, -0.2) is 0 Å². The molecule has 0 unspecified atom stereocenters. The highest BCUT2D eigenvalue weighted by Crippen LogP contribution is 2.34. The molecule has 2 fully saturated rings. The second-order valence-corrected chi connectivity index (χ2v) is 6.06. The lowest BCUT2D eigenvalue weighted by Gasteiger charge is -2.32. The molecule has 19 heavy (non-hydrogen) atoms. The molecule has 0 bridgehead atoms. The number of hydrogen-bond acceptors (Lipinski definition) is 3. The summed E-state index contributed by atoms with van der Waals surface area (Å²) in [6.07, 6.45) is 6.05. The Bertz CT molecular complexity index is 456. The lowest BCUT2D eigenvalue weighted by Crippen LogP contribution is -2.39. The summed E-state index contributed by atoms with van der Waals surface area (Å²) in [6, 6.07) is 0.399. The van der Waals surface area contributed by atoms with E-state index in [4.69, 9.17) is 0 Å². The minimum absolute atomic E-state index is 0.343. The molecule has 1 saturated carbocycles. The van der Waals surface area contributed by atoms with E-state index in [1.54, 1.807) is 0 Å². The van der Waals surface area contributed by atoms with Crippen molar-refractivity contribution in [1.29, 1.82) is 0 Å². The predicted molar refractivity (Wildman–Crippen MR) is 71.7 cm³/mol. The second kappa shape index (κ2) is 4.94. The first-order chi connectivity index (χ1) is 9.16. The average Bonchev–Trinajstić information content (AvgIpc) is 3.14. The SMILES string of the molecule is CC(C)n1cnnc1C1CCN(C(=O)C2CC2)CC1.